The number of hydrogen-bond donors (Lipinski definition) is 0. The molecule has 2 heteroatoms. The Kier molecular flexibility index (Phi) is 4.69. The molecule has 0 spiro atoms. The fraction of sp³-hybridized carbons (Fsp3) is 0.955. The van der Waals surface area contributed by atoms with Crippen molar-refractivity contribution in [3.8, 4) is 0 Å². The normalized spacial score (nSPS) is 53.3. The number of rotatable bonds is 1. The van der Waals surface area contributed by atoms with E-state index < -0.39 is 0 Å². The van der Waals surface area contributed by atoms with E-state index in [4.69, 9.17) is 0 Å². The minimum absolute atomic E-state index is 0. The molecule has 0 heterocycles. The molecule has 0 aromatic heterocycles. The summed E-state index contributed by atoms with van der Waals surface area (Å²) in [5, 5.41) is 0. The molecule has 8 atom stereocenters. The van der Waals surface area contributed by atoms with E-state index in [1.165, 1.54) is 57.8 Å². The summed E-state index contributed by atoms with van der Waals surface area (Å²) >= 11 is 0. The van der Waals surface area contributed by atoms with Crippen molar-refractivity contribution in [1.29, 1.82) is 0 Å². The SMILES string of the molecule is CC(=O)[C@H]1CC[C@H]2[C@@H]3CC[C@H]4C[C@@H](C)CC[C@]4(C)[C@H]3CC[C@]12C.O. The molecule has 2 nitrogen and oxygen atoms in total. The Bertz CT molecular complexity index is 500. The summed E-state index contributed by atoms with van der Waals surface area (Å²) in [6.45, 7) is 9.45. The fourth-order valence-corrected chi connectivity index (χ4v) is 8.14. The molecule has 0 aromatic carbocycles. The van der Waals surface area contributed by atoms with Crippen molar-refractivity contribution in [3.63, 3.8) is 0 Å². The van der Waals surface area contributed by atoms with E-state index in [1.807, 2.05) is 6.92 Å². The van der Waals surface area contributed by atoms with Gasteiger partial charge >= 0.3 is 0 Å². The van der Waals surface area contributed by atoms with Crippen molar-refractivity contribution >= 4 is 5.78 Å². The number of hydrogen-bond acceptors (Lipinski definition) is 1. The van der Waals surface area contributed by atoms with E-state index in [1.54, 1.807) is 0 Å². The number of carbonyl (C=O) groups excluding carboxylic acids is 1. The topological polar surface area (TPSA) is 48.6 Å². The van der Waals surface area contributed by atoms with Crippen molar-refractivity contribution in [2.45, 2.75) is 85.5 Å². The summed E-state index contributed by atoms with van der Waals surface area (Å²) < 4.78 is 0. The van der Waals surface area contributed by atoms with Crippen LogP contribution in [0.2, 0.25) is 0 Å². The molecule has 0 bridgehead atoms. The molecule has 4 aliphatic carbocycles. The summed E-state index contributed by atoms with van der Waals surface area (Å²) in [6.07, 6.45) is 12.6. The maximum Gasteiger partial charge on any atom is 0.133 e. The van der Waals surface area contributed by atoms with Gasteiger partial charge in [-0.05, 0) is 98.7 Å². The number of fused-ring (bicyclic) bond motifs is 5. The smallest absolute Gasteiger partial charge is 0.133 e. The molecule has 0 saturated heterocycles. The molecule has 0 aromatic rings. The Morgan fingerprint density at radius 3 is 2.25 bits per heavy atom. The second-order valence-corrected chi connectivity index (χ2v) is 10.3. The van der Waals surface area contributed by atoms with Crippen LogP contribution in [-0.2, 0) is 4.79 Å². The van der Waals surface area contributed by atoms with E-state index in [9.17, 15) is 4.79 Å². The maximum absolute atomic E-state index is 12.2. The second-order valence-electron chi connectivity index (χ2n) is 10.3. The highest BCUT2D eigenvalue weighted by Gasteiger charge is 2.60. The largest absolute Gasteiger partial charge is 0.412 e. The van der Waals surface area contributed by atoms with Gasteiger partial charge in [-0.25, -0.2) is 0 Å². The Morgan fingerprint density at radius 2 is 1.54 bits per heavy atom. The molecule has 4 aliphatic rings. The van der Waals surface area contributed by atoms with Gasteiger partial charge in [0.05, 0.1) is 0 Å². The third-order valence-corrected chi connectivity index (χ3v) is 9.42. The molecule has 0 radical (unpaired) electrons. The Labute approximate surface area is 148 Å². The van der Waals surface area contributed by atoms with Crippen LogP contribution >= 0.6 is 0 Å². The molecule has 0 aliphatic heterocycles. The van der Waals surface area contributed by atoms with Gasteiger partial charge in [0.1, 0.15) is 5.78 Å². The van der Waals surface area contributed by atoms with Crippen LogP contribution in [0, 0.1) is 46.3 Å². The highest BCUT2D eigenvalue weighted by molar-refractivity contribution is 5.79. The fourth-order valence-electron chi connectivity index (χ4n) is 8.14. The summed E-state index contributed by atoms with van der Waals surface area (Å²) in [4.78, 5) is 12.2. The summed E-state index contributed by atoms with van der Waals surface area (Å²) in [5.74, 6) is 5.50. The molecular formula is C22H38O2. The Morgan fingerprint density at radius 1 is 0.875 bits per heavy atom. The third-order valence-electron chi connectivity index (χ3n) is 9.42. The molecule has 4 saturated carbocycles. The third kappa shape index (κ3) is 2.42. The van der Waals surface area contributed by atoms with Crippen molar-refractivity contribution in [2.75, 3.05) is 0 Å². The lowest BCUT2D eigenvalue weighted by Crippen LogP contribution is -2.53. The molecule has 4 rings (SSSR count). The van der Waals surface area contributed by atoms with Crippen molar-refractivity contribution < 1.29 is 10.3 Å². The average molecular weight is 335 g/mol. The predicted octanol–water partition coefficient (Wildman–Crippen LogP) is 5.05. The van der Waals surface area contributed by atoms with Gasteiger partial charge < -0.3 is 5.48 Å². The van der Waals surface area contributed by atoms with Crippen LogP contribution in [0.25, 0.3) is 0 Å². The van der Waals surface area contributed by atoms with Crippen LogP contribution in [0.15, 0.2) is 0 Å². The Balaban J connectivity index is 0.00000169. The molecule has 2 N–H and O–H groups in total. The summed E-state index contributed by atoms with van der Waals surface area (Å²) in [5.41, 5.74) is 0.948. The lowest BCUT2D eigenvalue weighted by molar-refractivity contribution is -0.135. The molecule has 0 unspecified atom stereocenters. The van der Waals surface area contributed by atoms with Gasteiger partial charge in [-0.1, -0.05) is 27.2 Å². The van der Waals surface area contributed by atoms with E-state index in [0.717, 1.165) is 29.6 Å². The van der Waals surface area contributed by atoms with Gasteiger partial charge in [0.25, 0.3) is 0 Å². The van der Waals surface area contributed by atoms with E-state index in [-0.39, 0.29) is 5.48 Å². The van der Waals surface area contributed by atoms with Gasteiger partial charge in [-0.15, -0.1) is 0 Å². The molecular weight excluding hydrogens is 296 g/mol. The lowest BCUT2D eigenvalue weighted by Gasteiger charge is -2.61. The van der Waals surface area contributed by atoms with Crippen LogP contribution in [0.1, 0.15) is 85.5 Å². The second kappa shape index (κ2) is 6.11. The van der Waals surface area contributed by atoms with Gasteiger partial charge in [0.2, 0.25) is 0 Å². The zero-order chi connectivity index (χ0) is 16.4. The first-order valence-electron chi connectivity index (χ1n) is 10.4. The monoisotopic (exact) mass is 334 g/mol. The average Bonchev–Trinajstić information content (AvgIpc) is 2.85. The van der Waals surface area contributed by atoms with E-state index in [2.05, 4.69) is 20.8 Å². The van der Waals surface area contributed by atoms with Crippen LogP contribution in [-0.4, -0.2) is 11.3 Å². The van der Waals surface area contributed by atoms with Crippen LogP contribution in [0.3, 0.4) is 0 Å². The lowest BCUT2D eigenvalue weighted by atomic mass is 9.44. The zero-order valence-corrected chi connectivity index (χ0v) is 16.2. The highest BCUT2D eigenvalue weighted by Crippen LogP contribution is 2.67. The first-order chi connectivity index (χ1) is 10.9. The quantitative estimate of drug-likeness (QED) is 0.662. The molecule has 0 amide bonds. The van der Waals surface area contributed by atoms with Crippen molar-refractivity contribution in [2.24, 2.45) is 46.3 Å². The van der Waals surface area contributed by atoms with E-state index >= 15 is 0 Å². The summed E-state index contributed by atoms with van der Waals surface area (Å²) in [7, 11) is 0. The predicted molar refractivity (Wildman–Crippen MR) is 98.7 cm³/mol. The minimum Gasteiger partial charge on any atom is -0.412 e. The molecule has 4 fully saturated rings. The first kappa shape index (κ1) is 18.4. The van der Waals surface area contributed by atoms with Gasteiger partial charge in [0, 0.05) is 5.92 Å². The van der Waals surface area contributed by atoms with Crippen molar-refractivity contribution in [3.05, 3.63) is 0 Å². The number of ketones is 1. The first-order valence-corrected chi connectivity index (χ1v) is 10.4. The maximum atomic E-state index is 12.2. The van der Waals surface area contributed by atoms with Gasteiger partial charge in [0.15, 0.2) is 0 Å². The molecule has 138 valence electrons. The Hall–Kier alpha value is -0.370. The van der Waals surface area contributed by atoms with Crippen LogP contribution < -0.4 is 0 Å². The highest BCUT2D eigenvalue weighted by atomic mass is 16.1. The molecule has 24 heavy (non-hydrogen) atoms. The zero-order valence-electron chi connectivity index (χ0n) is 16.2. The number of carbonyl (C=O) groups is 1. The summed E-state index contributed by atoms with van der Waals surface area (Å²) in [6, 6.07) is 0. The van der Waals surface area contributed by atoms with Crippen LogP contribution in [0.5, 0.6) is 0 Å². The standard InChI is InChI=1S/C22H36O.H2O/c1-14-9-11-21(3)16(13-14)5-6-17-19-8-7-18(15(2)23)22(19,4)12-10-20(17)21;/h14,16-20H,5-13H2,1-4H3;1H2/t14-,16-,17-,18+,19-,20-,21-,22+;/m0./s1. The van der Waals surface area contributed by atoms with Gasteiger partial charge in [-0.2, -0.15) is 0 Å². The minimum atomic E-state index is 0. The van der Waals surface area contributed by atoms with Crippen molar-refractivity contribution in [1.82, 2.24) is 0 Å². The van der Waals surface area contributed by atoms with E-state index in [0.29, 0.717) is 22.5 Å². The van der Waals surface area contributed by atoms with Crippen LogP contribution in [0.4, 0.5) is 0 Å². The van der Waals surface area contributed by atoms with Gasteiger partial charge in [-0.3, -0.25) is 4.79 Å². The number of Topliss-reactive ketones (excluding diaryl/α,β-unsaturated/α-hetero) is 1.